The fraction of sp³-hybridized carbons (Fsp3) is 0.650. The van der Waals surface area contributed by atoms with Crippen LogP contribution < -0.4 is 15.4 Å². The molecule has 0 saturated carbocycles. The van der Waals surface area contributed by atoms with Gasteiger partial charge in [-0.3, -0.25) is 0 Å². The van der Waals surface area contributed by atoms with Gasteiger partial charge in [0.2, 0.25) is 0 Å². The maximum Gasteiger partial charge on any atom is 0.191 e. The first-order valence-corrected chi connectivity index (χ1v) is 9.58. The van der Waals surface area contributed by atoms with E-state index in [1.807, 2.05) is 6.07 Å². The summed E-state index contributed by atoms with van der Waals surface area (Å²) in [5, 5.41) is 6.65. The van der Waals surface area contributed by atoms with Gasteiger partial charge in [0.05, 0.1) is 19.8 Å². The minimum atomic E-state index is 0. The number of hydrogen-bond donors (Lipinski definition) is 2. The number of nitrogens with one attached hydrogen (secondary N) is 2. The molecule has 2 N–H and O–H groups in total. The van der Waals surface area contributed by atoms with E-state index in [0.717, 1.165) is 69.4 Å². The van der Waals surface area contributed by atoms with Gasteiger partial charge in [0.25, 0.3) is 0 Å². The lowest BCUT2D eigenvalue weighted by Crippen LogP contribution is -2.38. The maximum absolute atomic E-state index is 5.90. The van der Waals surface area contributed by atoms with Gasteiger partial charge in [0.15, 0.2) is 5.96 Å². The zero-order chi connectivity index (χ0) is 18.6. The van der Waals surface area contributed by atoms with E-state index in [0.29, 0.717) is 12.6 Å². The third-order valence-electron chi connectivity index (χ3n) is 4.33. The maximum atomic E-state index is 5.90. The van der Waals surface area contributed by atoms with Gasteiger partial charge in [-0.05, 0) is 44.7 Å². The lowest BCUT2D eigenvalue weighted by atomic mass is 10.1. The number of benzene rings is 1. The SMILES string of the molecule is CCNC(=NCc1ccc(C)cc1OC)NCCCOC1CCOCC1.I. The second kappa shape index (κ2) is 14.0. The summed E-state index contributed by atoms with van der Waals surface area (Å²) in [6, 6.07) is 6.20. The van der Waals surface area contributed by atoms with Crippen LogP contribution in [0.5, 0.6) is 5.75 Å². The van der Waals surface area contributed by atoms with Gasteiger partial charge in [-0.1, -0.05) is 12.1 Å². The van der Waals surface area contributed by atoms with Gasteiger partial charge in [-0.25, -0.2) is 4.99 Å². The molecule has 6 nitrogen and oxygen atoms in total. The van der Waals surface area contributed by atoms with Crippen LogP contribution in [0.1, 0.15) is 37.3 Å². The summed E-state index contributed by atoms with van der Waals surface area (Å²) in [7, 11) is 1.70. The summed E-state index contributed by atoms with van der Waals surface area (Å²) in [6.07, 6.45) is 3.33. The van der Waals surface area contributed by atoms with Gasteiger partial charge < -0.3 is 24.8 Å². The van der Waals surface area contributed by atoms with Crippen molar-refractivity contribution < 1.29 is 14.2 Å². The Morgan fingerprint density at radius 3 is 2.74 bits per heavy atom. The molecule has 154 valence electrons. The highest BCUT2D eigenvalue weighted by atomic mass is 127. The molecule has 1 fully saturated rings. The van der Waals surface area contributed by atoms with Crippen molar-refractivity contribution in [1.29, 1.82) is 0 Å². The van der Waals surface area contributed by atoms with Crippen LogP contribution in [-0.4, -0.2) is 52.1 Å². The van der Waals surface area contributed by atoms with Crippen LogP contribution in [0.2, 0.25) is 0 Å². The number of aliphatic imine (C=N–C) groups is 1. The summed E-state index contributed by atoms with van der Waals surface area (Å²) in [5.41, 5.74) is 2.27. The molecule has 0 bridgehead atoms. The van der Waals surface area contributed by atoms with Crippen LogP contribution in [0.3, 0.4) is 0 Å². The molecule has 7 heteroatoms. The fourth-order valence-electron chi connectivity index (χ4n) is 2.86. The highest BCUT2D eigenvalue weighted by Gasteiger charge is 2.13. The fourth-order valence-corrected chi connectivity index (χ4v) is 2.86. The molecular formula is C20H34IN3O3. The molecule has 0 aromatic heterocycles. The first-order valence-electron chi connectivity index (χ1n) is 9.58. The van der Waals surface area contributed by atoms with Crippen molar-refractivity contribution in [3.8, 4) is 5.75 Å². The first kappa shape index (κ1) is 24.0. The monoisotopic (exact) mass is 491 g/mol. The first-order chi connectivity index (χ1) is 12.7. The van der Waals surface area contributed by atoms with E-state index in [1.54, 1.807) is 7.11 Å². The Hall–Kier alpha value is -1.06. The summed E-state index contributed by atoms with van der Waals surface area (Å²) >= 11 is 0. The molecule has 0 aliphatic carbocycles. The van der Waals surface area contributed by atoms with E-state index < -0.39 is 0 Å². The molecule has 1 heterocycles. The van der Waals surface area contributed by atoms with E-state index in [4.69, 9.17) is 14.2 Å². The molecule has 1 aromatic carbocycles. The second-order valence-corrected chi connectivity index (χ2v) is 6.47. The van der Waals surface area contributed by atoms with Crippen LogP contribution in [-0.2, 0) is 16.0 Å². The Morgan fingerprint density at radius 2 is 2.04 bits per heavy atom. The normalized spacial score (nSPS) is 15.1. The van der Waals surface area contributed by atoms with Crippen molar-refractivity contribution in [2.24, 2.45) is 4.99 Å². The Kier molecular flexibility index (Phi) is 12.4. The van der Waals surface area contributed by atoms with Crippen LogP contribution >= 0.6 is 24.0 Å². The Bertz CT molecular complexity index is 563. The van der Waals surface area contributed by atoms with Gasteiger partial charge >= 0.3 is 0 Å². The van der Waals surface area contributed by atoms with Crippen molar-refractivity contribution in [1.82, 2.24) is 10.6 Å². The number of halogens is 1. The molecule has 1 aromatic rings. The van der Waals surface area contributed by atoms with Crippen LogP contribution in [0.15, 0.2) is 23.2 Å². The van der Waals surface area contributed by atoms with E-state index in [9.17, 15) is 0 Å². The Balaban J connectivity index is 0.00000364. The number of hydrogen-bond acceptors (Lipinski definition) is 4. The van der Waals surface area contributed by atoms with E-state index in [-0.39, 0.29) is 24.0 Å². The van der Waals surface area contributed by atoms with Crippen LogP contribution in [0, 0.1) is 6.92 Å². The minimum Gasteiger partial charge on any atom is -0.496 e. The van der Waals surface area contributed by atoms with Gasteiger partial charge in [-0.2, -0.15) is 0 Å². The number of rotatable bonds is 9. The van der Waals surface area contributed by atoms with Crippen LogP contribution in [0.4, 0.5) is 0 Å². The molecule has 0 unspecified atom stereocenters. The Labute approximate surface area is 180 Å². The highest BCUT2D eigenvalue weighted by molar-refractivity contribution is 14.0. The second-order valence-electron chi connectivity index (χ2n) is 6.47. The molecule has 2 rings (SSSR count). The lowest BCUT2D eigenvalue weighted by Gasteiger charge is -2.22. The summed E-state index contributed by atoms with van der Waals surface area (Å²) < 4.78 is 16.7. The molecule has 0 atom stereocenters. The van der Waals surface area contributed by atoms with Gasteiger partial charge in [0.1, 0.15) is 5.75 Å². The molecule has 27 heavy (non-hydrogen) atoms. The quantitative estimate of drug-likeness (QED) is 0.240. The van der Waals surface area contributed by atoms with Gasteiger partial charge in [0, 0.05) is 38.5 Å². The average molecular weight is 491 g/mol. The number of guanidine groups is 1. The number of aryl methyl sites for hydroxylation is 1. The number of methoxy groups -OCH3 is 1. The molecule has 0 radical (unpaired) electrons. The summed E-state index contributed by atoms with van der Waals surface area (Å²) in [5.74, 6) is 1.70. The molecule has 1 aliphatic heterocycles. The average Bonchev–Trinajstić information content (AvgIpc) is 2.67. The van der Waals surface area contributed by atoms with E-state index in [1.165, 1.54) is 5.56 Å². The predicted octanol–water partition coefficient (Wildman–Crippen LogP) is 3.26. The largest absolute Gasteiger partial charge is 0.496 e. The van der Waals surface area contributed by atoms with Crippen LogP contribution in [0.25, 0.3) is 0 Å². The van der Waals surface area contributed by atoms with Crippen molar-refractivity contribution in [3.63, 3.8) is 0 Å². The summed E-state index contributed by atoms with van der Waals surface area (Å²) in [4.78, 5) is 4.67. The third kappa shape index (κ3) is 9.12. The summed E-state index contributed by atoms with van der Waals surface area (Å²) in [6.45, 7) is 8.78. The van der Waals surface area contributed by atoms with E-state index in [2.05, 4.69) is 41.6 Å². The standard InChI is InChI=1S/C20H33N3O3.HI/c1-4-21-20(22-10-5-11-26-18-8-12-25-13-9-18)23-15-17-7-6-16(2)14-19(17)24-3;/h6-7,14,18H,4-5,8-13,15H2,1-3H3,(H2,21,22,23);1H. The van der Waals surface area contributed by atoms with Crippen molar-refractivity contribution in [2.75, 3.05) is 40.0 Å². The van der Waals surface area contributed by atoms with Crippen molar-refractivity contribution >= 4 is 29.9 Å². The highest BCUT2D eigenvalue weighted by Crippen LogP contribution is 2.20. The molecular weight excluding hydrogens is 457 g/mol. The molecule has 1 aliphatic rings. The predicted molar refractivity (Wildman–Crippen MR) is 120 cm³/mol. The molecule has 0 spiro atoms. The van der Waals surface area contributed by atoms with E-state index >= 15 is 0 Å². The van der Waals surface area contributed by atoms with Crippen molar-refractivity contribution in [2.45, 2.75) is 45.8 Å². The number of nitrogens with zero attached hydrogens (tertiary/aromatic N) is 1. The third-order valence-corrected chi connectivity index (χ3v) is 4.33. The molecule has 1 saturated heterocycles. The minimum absolute atomic E-state index is 0. The molecule has 0 amide bonds. The lowest BCUT2D eigenvalue weighted by molar-refractivity contribution is -0.0320. The topological polar surface area (TPSA) is 64.1 Å². The zero-order valence-corrected chi connectivity index (χ0v) is 19.1. The number of ether oxygens (including phenoxy) is 3. The van der Waals surface area contributed by atoms with Crippen molar-refractivity contribution in [3.05, 3.63) is 29.3 Å². The van der Waals surface area contributed by atoms with Gasteiger partial charge in [-0.15, -0.1) is 24.0 Å². The zero-order valence-electron chi connectivity index (χ0n) is 16.8. The Morgan fingerprint density at radius 1 is 1.26 bits per heavy atom. The smallest absolute Gasteiger partial charge is 0.191 e.